The minimum Gasteiger partial charge on any atom is -0.285 e. The van der Waals surface area contributed by atoms with Crippen LogP contribution in [-0.2, 0) is 15.6 Å². The molecular weight excluding hydrogens is 462 g/mol. The van der Waals surface area contributed by atoms with E-state index in [2.05, 4.69) is 34.4 Å². The molecule has 0 saturated heterocycles. The highest BCUT2D eigenvalue weighted by molar-refractivity contribution is 7.93. The molecule has 6 aliphatic carbocycles. The normalized spacial score (nSPS) is 38.1. The smallest absolute Gasteiger partial charge is 0.239 e. The van der Waals surface area contributed by atoms with E-state index < -0.39 is 15.3 Å². The van der Waals surface area contributed by atoms with Gasteiger partial charge in [-0.3, -0.25) is 14.3 Å². The molecule has 0 aromatic carbocycles. The molecule has 3 heterocycles. The Kier molecular flexibility index (Phi) is 3.53. The Morgan fingerprint density at radius 1 is 0.914 bits per heavy atom. The lowest BCUT2D eigenvalue weighted by Gasteiger charge is -3.07. The highest BCUT2D eigenvalue weighted by atomic mass is 32.2. The number of rotatable bonds is 7. The molecule has 6 saturated carbocycles. The van der Waals surface area contributed by atoms with Crippen molar-refractivity contribution in [1.82, 2.24) is 29.7 Å². The standard InChI is InChI=1S/C25H27N7O2S/c1-10-5-14(9-26-6-10)23-29-30-24(32(23)25-19-16-15-17(19)21(25)18(15)20(16)25)31-35(33,34)13(4)12(3)22-27-7-11(2)8-28-22/h5-9,12-13,15-21H,1-4H3,(H,30,31)/t12-,13-,15?,16?,17?,18?,19?,20?,21?,25?/m0/s1. The van der Waals surface area contributed by atoms with Crippen molar-refractivity contribution in [1.29, 1.82) is 0 Å². The lowest BCUT2D eigenvalue weighted by molar-refractivity contribution is -0.600. The van der Waals surface area contributed by atoms with E-state index in [0.29, 0.717) is 29.5 Å². The van der Waals surface area contributed by atoms with Gasteiger partial charge in [-0.25, -0.2) is 18.4 Å². The number of pyridine rings is 1. The van der Waals surface area contributed by atoms with Crippen molar-refractivity contribution in [3.63, 3.8) is 0 Å². The zero-order valence-corrected chi connectivity index (χ0v) is 20.8. The van der Waals surface area contributed by atoms with Crippen LogP contribution in [0, 0.1) is 55.3 Å². The summed E-state index contributed by atoms with van der Waals surface area (Å²) in [6, 6.07) is 2.05. The SMILES string of the molecule is Cc1cnc([C@@H](C)[C@H](C)S(=O)(=O)Nc2nnc(-c3cncc(C)c3)n2C23C4C5C6C4C2C6C53)nc1. The van der Waals surface area contributed by atoms with Crippen LogP contribution in [0.15, 0.2) is 30.9 Å². The van der Waals surface area contributed by atoms with E-state index in [-0.39, 0.29) is 11.5 Å². The van der Waals surface area contributed by atoms with Crippen molar-refractivity contribution in [3.05, 3.63) is 47.8 Å². The molecule has 6 aliphatic rings. The van der Waals surface area contributed by atoms with E-state index in [9.17, 15) is 8.42 Å². The second-order valence-electron chi connectivity index (χ2n) is 11.5. The minimum absolute atomic E-state index is 0.00982. The second kappa shape index (κ2) is 6.08. The third kappa shape index (κ3) is 2.06. The third-order valence-corrected chi connectivity index (χ3v) is 12.1. The fourth-order valence-electron chi connectivity index (χ4n) is 8.74. The van der Waals surface area contributed by atoms with Crippen molar-refractivity contribution in [2.24, 2.45) is 41.4 Å². The van der Waals surface area contributed by atoms with Crippen LogP contribution in [0.3, 0.4) is 0 Å². The Morgan fingerprint density at radius 3 is 2.20 bits per heavy atom. The molecule has 3 aromatic heterocycles. The van der Waals surface area contributed by atoms with E-state index in [1.807, 2.05) is 33.0 Å². The fourth-order valence-corrected chi connectivity index (χ4v) is 9.97. The number of sulfonamides is 1. The number of nitrogens with one attached hydrogen (secondary N) is 1. The van der Waals surface area contributed by atoms with Gasteiger partial charge in [0.25, 0.3) is 0 Å². The number of aryl methyl sites for hydroxylation is 2. The van der Waals surface area contributed by atoms with Gasteiger partial charge in [-0.1, -0.05) is 6.92 Å². The molecule has 6 fully saturated rings. The first kappa shape index (κ1) is 20.3. The third-order valence-electron chi connectivity index (χ3n) is 10.2. The Bertz CT molecular complexity index is 1460. The summed E-state index contributed by atoms with van der Waals surface area (Å²) in [5.41, 5.74) is 2.85. The summed E-state index contributed by atoms with van der Waals surface area (Å²) in [7, 11) is -3.78. The molecule has 0 amide bonds. The molecule has 10 heteroatoms. The molecule has 9 rings (SSSR count). The molecule has 1 N–H and O–H groups in total. The van der Waals surface area contributed by atoms with E-state index in [0.717, 1.165) is 46.2 Å². The quantitative estimate of drug-likeness (QED) is 0.542. The highest BCUT2D eigenvalue weighted by Gasteiger charge is 3.05. The van der Waals surface area contributed by atoms with Crippen molar-refractivity contribution in [2.75, 3.05) is 4.72 Å². The van der Waals surface area contributed by atoms with Crippen molar-refractivity contribution < 1.29 is 8.42 Å². The summed E-state index contributed by atoms with van der Waals surface area (Å²) in [4.78, 5) is 13.1. The van der Waals surface area contributed by atoms with Crippen molar-refractivity contribution >= 4 is 16.0 Å². The molecule has 0 aliphatic heterocycles. The van der Waals surface area contributed by atoms with Crippen LogP contribution in [0.2, 0.25) is 0 Å². The largest absolute Gasteiger partial charge is 0.285 e. The molecule has 0 spiro atoms. The van der Waals surface area contributed by atoms with Gasteiger partial charge in [0, 0.05) is 36.3 Å². The van der Waals surface area contributed by atoms with Crippen LogP contribution in [0.5, 0.6) is 0 Å². The van der Waals surface area contributed by atoms with Crippen molar-refractivity contribution in [3.8, 4) is 11.4 Å². The molecule has 35 heavy (non-hydrogen) atoms. The number of nitrogens with zero attached hydrogens (tertiary/aromatic N) is 6. The summed E-state index contributed by atoms with van der Waals surface area (Å²) in [6.45, 7) is 7.46. The maximum Gasteiger partial charge on any atom is 0.239 e. The molecule has 3 aromatic rings. The van der Waals surface area contributed by atoms with E-state index >= 15 is 0 Å². The van der Waals surface area contributed by atoms with Gasteiger partial charge < -0.3 is 0 Å². The first-order valence-electron chi connectivity index (χ1n) is 12.4. The zero-order valence-electron chi connectivity index (χ0n) is 20.0. The van der Waals surface area contributed by atoms with Gasteiger partial charge in [-0.2, -0.15) is 0 Å². The van der Waals surface area contributed by atoms with Crippen LogP contribution in [0.4, 0.5) is 5.95 Å². The molecule has 0 bridgehead atoms. The molecule has 2 atom stereocenters. The Morgan fingerprint density at radius 2 is 1.57 bits per heavy atom. The highest BCUT2D eigenvalue weighted by Crippen LogP contribution is 3.04. The van der Waals surface area contributed by atoms with Gasteiger partial charge in [0.15, 0.2) is 5.82 Å². The number of hydrogen-bond acceptors (Lipinski definition) is 7. The van der Waals surface area contributed by atoms with E-state index in [1.165, 1.54) is 0 Å². The average Bonchev–Trinajstić information content (AvgIpc) is 3.26. The molecule has 9 nitrogen and oxygen atoms in total. The summed E-state index contributed by atoms with van der Waals surface area (Å²) >= 11 is 0. The fraction of sp³-hybridized carbons (Fsp3) is 0.560. The lowest BCUT2D eigenvalue weighted by Crippen LogP contribution is -3.08. The van der Waals surface area contributed by atoms with E-state index in [4.69, 9.17) is 0 Å². The van der Waals surface area contributed by atoms with Gasteiger partial charge >= 0.3 is 0 Å². The lowest BCUT2D eigenvalue weighted by atomic mass is 8.98. The summed E-state index contributed by atoms with van der Waals surface area (Å²) in [6.07, 6.45) is 7.05. The summed E-state index contributed by atoms with van der Waals surface area (Å²) in [5, 5.41) is 8.19. The molecular formula is C25H27N7O2S. The van der Waals surface area contributed by atoms with Crippen LogP contribution in [0.25, 0.3) is 11.4 Å². The predicted molar refractivity (Wildman–Crippen MR) is 128 cm³/mol. The topological polar surface area (TPSA) is 116 Å². The number of hydrogen-bond donors (Lipinski definition) is 1. The Labute approximate surface area is 203 Å². The monoisotopic (exact) mass is 489 g/mol. The van der Waals surface area contributed by atoms with Gasteiger partial charge in [0.2, 0.25) is 16.0 Å². The molecule has 0 unspecified atom stereocenters. The Balaban J connectivity index is 1.17. The van der Waals surface area contributed by atoms with Crippen LogP contribution in [-0.4, -0.2) is 43.4 Å². The maximum atomic E-state index is 13.6. The number of aromatic nitrogens is 6. The van der Waals surface area contributed by atoms with Gasteiger partial charge in [-0.05, 0) is 79.4 Å². The van der Waals surface area contributed by atoms with Gasteiger partial charge in [0.05, 0.1) is 10.8 Å². The first-order chi connectivity index (χ1) is 16.8. The van der Waals surface area contributed by atoms with E-state index in [1.54, 1.807) is 25.5 Å². The second-order valence-corrected chi connectivity index (χ2v) is 13.5. The first-order valence-corrected chi connectivity index (χ1v) is 14.0. The summed E-state index contributed by atoms with van der Waals surface area (Å²) < 4.78 is 32.2. The van der Waals surface area contributed by atoms with Gasteiger partial charge in [0.1, 0.15) is 5.82 Å². The van der Waals surface area contributed by atoms with Crippen LogP contribution < -0.4 is 4.72 Å². The zero-order chi connectivity index (χ0) is 24.0. The Hall–Kier alpha value is -2.88. The van der Waals surface area contributed by atoms with Crippen LogP contribution >= 0.6 is 0 Å². The van der Waals surface area contributed by atoms with Crippen molar-refractivity contribution in [2.45, 2.75) is 44.4 Å². The molecule has 180 valence electrons. The van der Waals surface area contributed by atoms with Crippen LogP contribution in [0.1, 0.15) is 36.7 Å². The average molecular weight is 490 g/mol. The predicted octanol–water partition coefficient (Wildman–Crippen LogP) is 2.76. The molecule has 0 radical (unpaired) electrons. The maximum absolute atomic E-state index is 13.6. The summed E-state index contributed by atoms with van der Waals surface area (Å²) in [5.74, 6) is 6.61. The van der Waals surface area contributed by atoms with Gasteiger partial charge in [-0.15, -0.1) is 10.2 Å². The number of anilines is 1. The minimum atomic E-state index is -3.78.